The maximum atomic E-state index is 12.4. The molecule has 2 N–H and O–H groups in total. The van der Waals surface area contributed by atoms with Gasteiger partial charge in [-0.2, -0.15) is 0 Å². The van der Waals surface area contributed by atoms with E-state index in [2.05, 4.69) is 6.92 Å². The van der Waals surface area contributed by atoms with Gasteiger partial charge in [0.25, 0.3) is 0 Å². The second kappa shape index (κ2) is 6.61. The predicted molar refractivity (Wildman–Crippen MR) is 104 cm³/mol. The molecule has 6 heteroatoms. The normalized spacial score (nSPS) is 43.5. The molecule has 0 aliphatic heterocycles. The van der Waals surface area contributed by atoms with E-state index in [4.69, 9.17) is 4.74 Å². The Labute approximate surface area is 171 Å². The van der Waals surface area contributed by atoms with Crippen LogP contribution in [-0.2, 0) is 19.1 Å². The number of aliphatic hydroxyl groups excluding tert-OH is 1. The van der Waals surface area contributed by atoms with E-state index < -0.39 is 34.8 Å². The van der Waals surface area contributed by atoms with E-state index in [9.17, 15) is 24.6 Å². The van der Waals surface area contributed by atoms with E-state index in [-0.39, 0.29) is 23.5 Å². The Morgan fingerprint density at radius 3 is 2.48 bits per heavy atom. The minimum atomic E-state index is -1.48. The van der Waals surface area contributed by atoms with Crippen LogP contribution in [0.15, 0.2) is 23.5 Å². The van der Waals surface area contributed by atoms with Crippen molar-refractivity contribution < 1.29 is 29.3 Å². The van der Waals surface area contributed by atoms with Gasteiger partial charge in [-0.25, -0.2) is 0 Å². The van der Waals surface area contributed by atoms with Crippen molar-refractivity contribution in [3.8, 4) is 0 Å². The zero-order chi connectivity index (χ0) is 21.2. The van der Waals surface area contributed by atoms with Crippen LogP contribution in [0.3, 0.4) is 0 Å². The summed E-state index contributed by atoms with van der Waals surface area (Å²) in [7, 11) is 0. The Balaban J connectivity index is 1.73. The third-order valence-electron chi connectivity index (χ3n) is 8.70. The molecule has 29 heavy (non-hydrogen) atoms. The zero-order valence-corrected chi connectivity index (χ0v) is 17.4. The van der Waals surface area contributed by atoms with E-state index in [1.54, 1.807) is 6.08 Å². The molecule has 3 fully saturated rings. The standard InChI is InChI=1S/C23H30O6/c1-13(25)29-20-11-15(26)10-14-4-5-16-17-7-9-23(28,19(27)12-24)21(17,2)8-6-18(16)22(14,20)3/h10-11,16-18,24,28H,4-9,12H2,1-3H3/t16-,17-,18-,21-,22-,23-/m0/s1. The first-order valence-electron chi connectivity index (χ1n) is 10.6. The maximum Gasteiger partial charge on any atom is 0.307 e. The highest BCUT2D eigenvalue weighted by molar-refractivity contribution is 6.02. The first-order chi connectivity index (χ1) is 13.6. The van der Waals surface area contributed by atoms with Crippen molar-refractivity contribution in [1.29, 1.82) is 0 Å². The highest BCUT2D eigenvalue weighted by Crippen LogP contribution is 2.68. The van der Waals surface area contributed by atoms with Gasteiger partial charge in [0.1, 0.15) is 18.0 Å². The Morgan fingerprint density at radius 1 is 1.14 bits per heavy atom. The van der Waals surface area contributed by atoms with Gasteiger partial charge in [-0.05, 0) is 69.3 Å². The number of Topliss-reactive ketones (excluding diaryl/α,β-unsaturated/α-hetero) is 1. The molecule has 4 aliphatic carbocycles. The van der Waals surface area contributed by atoms with Crippen molar-refractivity contribution in [2.45, 2.75) is 64.9 Å². The lowest BCUT2D eigenvalue weighted by Crippen LogP contribution is -2.58. The van der Waals surface area contributed by atoms with E-state index in [1.165, 1.54) is 13.0 Å². The minimum Gasteiger partial charge on any atom is -0.430 e. The van der Waals surface area contributed by atoms with Crippen molar-refractivity contribution in [1.82, 2.24) is 0 Å². The van der Waals surface area contributed by atoms with Gasteiger partial charge in [0.2, 0.25) is 0 Å². The van der Waals surface area contributed by atoms with Crippen LogP contribution in [-0.4, -0.2) is 40.0 Å². The second-order valence-electron chi connectivity index (χ2n) is 9.73. The average Bonchev–Trinajstić information content (AvgIpc) is 2.94. The van der Waals surface area contributed by atoms with E-state index >= 15 is 0 Å². The lowest BCUT2D eigenvalue weighted by molar-refractivity contribution is -0.165. The largest absolute Gasteiger partial charge is 0.430 e. The molecule has 6 atom stereocenters. The third kappa shape index (κ3) is 2.65. The molecule has 0 amide bonds. The SMILES string of the molecule is CC(=O)OC1=CC(=O)C=C2CC[C@@H]3[C@H](CC[C@@]4(C)[C@H]3CC[C@]4(O)C(=O)CO)[C@]21C. The number of fused-ring (bicyclic) bond motifs is 5. The van der Waals surface area contributed by atoms with Gasteiger partial charge in [0, 0.05) is 18.4 Å². The van der Waals surface area contributed by atoms with Crippen LogP contribution >= 0.6 is 0 Å². The van der Waals surface area contributed by atoms with Gasteiger partial charge in [-0.3, -0.25) is 14.4 Å². The lowest BCUT2D eigenvalue weighted by Gasteiger charge is -2.58. The summed E-state index contributed by atoms with van der Waals surface area (Å²) in [6.45, 7) is 4.77. The van der Waals surface area contributed by atoms with Crippen molar-refractivity contribution in [3.05, 3.63) is 23.5 Å². The van der Waals surface area contributed by atoms with Crippen LogP contribution in [0.5, 0.6) is 0 Å². The molecule has 0 saturated heterocycles. The molecule has 0 aromatic rings. The van der Waals surface area contributed by atoms with Crippen LogP contribution in [0.1, 0.15) is 59.3 Å². The number of aliphatic hydroxyl groups is 2. The van der Waals surface area contributed by atoms with Crippen LogP contribution < -0.4 is 0 Å². The van der Waals surface area contributed by atoms with Gasteiger partial charge in [0.15, 0.2) is 11.6 Å². The number of allylic oxidation sites excluding steroid dienone is 3. The molecule has 158 valence electrons. The fourth-order valence-electron chi connectivity index (χ4n) is 7.18. The van der Waals surface area contributed by atoms with Crippen LogP contribution in [0.2, 0.25) is 0 Å². The highest BCUT2D eigenvalue weighted by Gasteiger charge is 2.66. The predicted octanol–water partition coefficient (Wildman–Crippen LogP) is 2.48. The quantitative estimate of drug-likeness (QED) is 0.704. The topological polar surface area (TPSA) is 101 Å². The van der Waals surface area contributed by atoms with Crippen molar-refractivity contribution in [2.24, 2.45) is 28.6 Å². The number of esters is 1. The molecule has 6 nitrogen and oxygen atoms in total. The van der Waals surface area contributed by atoms with Gasteiger partial charge in [-0.1, -0.05) is 12.5 Å². The molecular formula is C23H30O6. The number of ether oxygens (including phenoxy) is 1. The molecule has 0 aromatic carbocycles. The molecule has 0 unspecified atom stereocenters. The molecule has 0 spiro atoms. The number of ketones is 2. The molecule has 4 rings (SSSR count). The summed E-state index contributed by atoms with van der Waals surface area (Å²) in [4.78, 5) is 36.4. The average molecular weight is 402 g/mol. The summed E-state index contributed by atoms with van der Waals surface area (Å²) in [5.41, 5.74) is -1.55. The molecule has 0 aromatic heterocycles. The zero-order valence-electron chi connectivity index (χ0n) is 17.4. The van der Waals surface area contributed by atoms with Crippen LogP contribution in [0, 0.1) is 28.6 Å². The fraction of sp³-hybridized carbons (Fsp3) is 0.696. The van der Waals surface area contributed by atoms with Crippen molar-refractivity contribution >= 4 is 17.5 Å². The second-order valence-corrected chi connectivity index (χ2v) is 9.73. The Hall–Kier alpha value is -1.79. The van der Waals surface area contributed by atoms with E-state index in [0.717, 1.165) is 31.3 Å². The van der Waals surface area contributed by atoms with Crippen molar-refractivity contribution in [2.75, 3.05) is 6.61 Å². The summed E-state index contributed by atoms with van der Waals surface area (Å²) in [5, 5.41) is 20.7. The summed E-state index contributed by atoms with van der Waals surface area (Å²) < 4.78 is 5.54. The molecule has 0 heterocycles. The smallest absolute Gasteiger partial charge is 0.307 e. The number of carbonyl (C=O) groups excluding carboxylic acids is 3. The van der Waals surface area contributed by atoms with Gasteiger partial charge in [-0.15, -0.1) is 0 Å². The summed E-state index contributed by atoms with van der Waals surface area (Å²) in [5.74, 6) is -0.0433. The van der Waals surface area contributed by atoms with Gasteiger partial charge < -0.3 is 14.9 Å². The Bertz CT molecular complexity index is 840. The van der Waals surface area contributed by atoms with Crippen LogP contribution in [0.25, 0.3) is 0 Å². The number of hydrogen-bond acceptors (Lipinski definition) is 6. The monoisotopic (exact) mass is 402 g/mol. The summed E-state index contributed by atoms with van der Waals surface area (Å²) in [6.07, 6.45) is 7.29. The fourth-order valence-corrected chi connectivity index (χ4v) is 7.18. The molecular weight excluding hydrogens is 372 g/mol. The van der Waals surface area contributed by atoms with E-state index in [0.29, 0.717) is 18.6 Å². The Kier molecular flexibility index (Phi) is 4.67. The first kappa shape index (κ1) is 20.5. The molecule has 0 bridgehead atoms. The third-order valence-corrected chi connectivity index (χ3v) is 8.70. The minimum absolute atomic E-state index is 0.142. The number of hydrogen-bond donors (Lipinski definition) is 2. The van der Waals surface area contributed by atoms with Crippen LogP contribution in [0.4, 0.5) is 0 Å². The number of rotatable bonds is 3. The maximum absolute atomic E-state index is 12.4. The Morgan fingerprint density at radius 2 is 1.83 bits per heavy atom. The van der Waals surface area contributed by atoms with Gasteiger partial charge in [0.05, 0.1) is 5.41 Å². The van der Waals surface area contributed by atoms with Crippen molar-refractivity contribution in [3.63, 3.8) is 0 Å². The summed E-state index contributed by atoms with van der Waals surface area (Å²) >= 11 is 0. The number of carbonyl (C=O) groups is 3. The lowest BCUT2D eigenvalue weighted by atomic mass is 9.46. The van der Waals surface area contributed by atoms with E-state index in [1.807, 2.05) is 6.92 Å². The molecule has 3 saturated carbocycles. The molecule has 0 radical (unpaired) electrons. The first-order valence-corrected chi connectivity index (χ1v) is 10.6. The summed E-state index contributed by atoms with van der Waals surface area (Å²) in [6, 6.07) is 0. The molecule has 4 aliphatic rings. The highest BCUT2D eigenvalue weighted by atomic mass is 16.5. The van der Waals surface area contributed by atoms with Gasteiger partial charge >= 0.3 is 5.97 Å².